The Morgan fingerprint density at radius 1 is 1.04 bits per heavy atom. The van der Waals surface area contributed by atoms with Gasteiger partial charge in [0.1, 0.15) is 18.5 Å². The van der Waals surface area contributed by atoms with Crippen molar-refractivity contribution in [3.63, 3.8) is 0 Å². The highest BCUT2D eigenvalue weighted by Crippen LogP contribution is 2.36. The zero-order chi connectivity index (χ0) is 32.5. The maximum absolute atomic E-state index is 13.5. The first-order valence-electron chi connectivity index (χ1n) is 17.1. The van der Waals surface area contributed by atoms with Gasteiger partial charge in [0.2, 0.25) is 5.91 Å². The van der Waals surface area contributed by atoms with E-state index in [1.165, 1.54) is 28.4 Å². The second kappa shape index (κ2) is 13.6. The van der Waals surface area contributed by atoms with Gasteiger partial charge in [-0.25, -0.2) is 0 Å². The van der Waals surface area contributed by atoms with Crippen LogP contribution in [-0.2, 0) is 22.5 Å². The first-order chi connectivity index (χ1) is 22.9. The fourth-order valence-corrected chi connectivity index (χ4v) is 7.72. The van der Waals surface area contributed by atoms with Gasteiger partial charge < -0.3 is 29.1 Å². The third-order valence-corrected chi connectivity index (χ3v) is 10.5. The zero-order valence-corrected chi connectivity index (χ0v) is 27.9. The maximum Gasteiger partial charge on any atom is 0.318 e. The monoisotopic (exact) mass is 638 g/mol. The number of aromatic nitrogens is 2. The number of benzene rings is 2. The van der Waals surface area contributed by atoms with Crippen LogP contribution in [0.4, 0.5) is 11.5 Å². The third kappa shape index (κ3) is 6.47. The Labute approximate surface area is 277 Å². The van der Waals surface area contributed by atoms with Gasteiger partial charge in [0, 0.05) is 69.1 Å². The number of hydrogen-bond donors (Lipinski definition) is 0. The van der Waals surface area contributed by atoms with Crippen molar-refractivity contribution in [1.29, 1.82) is 5.26 Å². The van der Waals surface area contributed by atoms with Crippen molar-refractivity contribution >= 4 is 28.2 Å². The first-order valence-corrected chi connectivity index (χ1v) is 17.1. The predicted octanol–water partition coefficient (Wildman–Crippen LogP) is 3.24. The molecular weight excluding hydrogens is 592 g/mol. The Balaban J connectivity index is 1.16. The standard InChI is InChI=1S/C36H46N8O3/c1-25-7-4-8-26-9-5-11-31(33(25)26)41-16-13-29-30(22-41)38-36(47-24-28-10-6-15-40(28)2)39-34(29)43-17-18-44(27(21-43)12-14-37)35(45)32-23-42(32)19-20-46-3/h4-5,7-9,11,27-28,32H,6,10,12-13,15-24H2,1-3H3/t27?,28-,32+,42?/m0/s1. The van der Waals surface area contributed by atoms with Crippen LogP contribution < -0.4 is 14.5 Å². The highest BCUT2D eigenvalue weighted by Gasteiger charge is 2.45. The Hall–Kier alpha value is -3.98. The summed E-state index contributed by atoms with van der Waals surface area (Å²) in [5.74, 6) is 1.01. The van der Waals surface area contributed by atoms with Gasteiger partial charge in [0.15, 0.2) is 0 Å². The molecule has 47 heavy (non-hydrogen) atoms. The summed E-state index contributed by atoms with van der Waals surface area (Å²) in [7, 11) is 3.83. The largest absolute Gasteiger partial charge is 0.462 e. The molecule has 3 aromatic rings. The maximum atomic E-state index is 13.5. The number of carbonyl (C=O) groups is 1. The smallest absolute Gasteiger partial charge is 0.318 e. The molecule has 4 aliphatic heterocycles. The van der Waals surface area contributed by atoms with Crippen molar-refractivity contribution in [2.45, 2.75) is 57.3 Å². The fourth-order valence-electron chi connectivity index (χ4n) is 7.72. The molecule has 7 rings (SSSR count). The topological polar surface area (TPSA) is 101 Å². The van der Waals surface area contributed by atoms with E-state index in [2.05, 4.69) is 76.0 Å². The lowest BCUT2D eigenvalue weighted by Gasteiger charge is -2.42. The van der Waals surface area contributed by atoms with Gasteiger partial charge in [-0.2, -0.15) is 15.2 Å². The van der Waals surface area contributed by atoms with Crippen molar-refractivity contribution in [2.75, 3.05) is 83.0 Å². The number of carbonyl (C=O) groups excluding carboxylic acids is 1. The van der Waals surface area contributed by atoms with Gasteiger partial charge in [-0.15, -0.1) is 0 Å². The number of ether oxygens (including phenoxy) is 2. The minimum atomic E-state index is -0.202. The predicted molar refractivity (Wildman–Crippen MR) is 182 cm³/mol. The van der Waals surface area contributed by atoms with Crippen molar-refractivity contribution < 1.29 is 14.3 Å². The van der Waals surface area contributed by atoms with Crippen molar-refractivity contribution in [1.82, 2.24) is 24.7 Å². The molecule has 0 bridgehead atoms. The molecule has 5 heterocycles. The molecule has 0 radical (unpaired) electrons. The van der Waals surface area contributed by atoms with E-state index < -0.39 is 0 Å². The summed E-state index contributed by atoms with van der Waals surface area (Å²) >= 11 is 0. The molecule has 0 spiro atoms. The summed E-state index contributed by atoms with van der Waals surface area (Å²) in [5.41, 5.74) is 4.62. The van der Waals surface area contributed by atoms with E-state index in [-0.39, 0.29) is 24.4 Å². The van der Waals surface area contributed by atoms with Crippen LogP contribution >= 0.6 is 0 Å². The average Bonchev–Trinajstić information content (AvgIpc) is 3.76. The first kappa shape index (κ1) is 31.6. The molecule has 3 fully saturated rings. The van der Waals surface area contributed by atoms with Crippen LogP contribution in [-0.4, -0.2) is 122 Å². The van der Waals surface area contributed by atoms with E-state index in [0.29, 0.717) is 51.4 Å². The van der Waals surface area contributed by atoms with E-state index in [1.807, 2.05) is 4.90 Å². The lowest BCUT2D eigenvalue weighted by atomic mass is 9.99. The SMILES string of the molecule is COCCN1C[C@@H]1C(=O)N1CCN(c2nc(OC[C@@H]3CCCN3C)nc3c2CCN(c2cccc4cccc(C)c24)C3)CC1CC#N. The van der Waals surface area contributed by atoms with Crippen LogP contribution in [0.1, 0.15) is 36.1 Å². The number of likely N-dealkylation sites (tertiary alicyclic amines) is 1. The molecule has 1 aromatic heterocycles. The van der Waals surface area contributed by atoms with Crippen LogP contribution in [0.25, 0.3) is 10.8 Å². The van der Waals surface area contributed by atoms with Gasteiger partial charge in [-0.3, -0.25) is 9.69 Å². The number of fused-ring (bicyclic) bond motifs is 2. The van der Waals surface area contributed by atoms with E-state index in [0.717, 1.165) is 56.1 Å². The Morgan fingerprint density at radius 3 is 2.68 bits per heavy atom. The number of methoxy groups -OCH3 is 1. The summed E-state index contributed by atoms with van der Waals surface area (Å²) in [6.07, 6.45) is 3.37. The highest BCUT2D eigenvalue weighted by atomic mass is 16.5. The van der Waals surface area contributed by atoms with Crippen LogP contribution in [0.3, 0.4) is 0 Å². The summed E-state index contributed by atoms with van der Waals surface area (Å²) in [4.78, 5) is 34.8. The number of nitrogens with zero attached hydrogens (tertiary/aromatic N) is 8. The molecule has 0 aliphatic carbocycles. The molecule has 1 amide bonds. The second-order valence-electron chi connectivity index (χ2n) is 13.5. The van der Waals surface area contributed by atoms with E-state index >= 15 is 0 Å². The number of amides is 1. The number of rotatable bonds is 10. The average molecular weight is 639 g/mol. The molecule has 11 heteroatoms. The molecule has 4 aliphatic rings. The number of likely N-dealkylation sites (N-methyl/N-ethyl adjacent to an activating group) is 1. The van der Waals surface area contributed by atoms with Gasteiger partial charge >= 0.3 is 6.01 Å². The van der Waals surface area contributed by atoms with E-state index in [1.54, 1.807) is 7.11 Å². The van der Waals surface area contributed by atoms with E-state index in [4.69, 9.17) is 19.4 Å². The molecule has 248 valence electrons. The third-order valence-electron chi connectivity index (χ3n) is 10.5. The molecule has 3 saturated heterocycles. The molecule has 0 N–H and O–H groups in total. The highest BCUT2D eigenvalue weighted by molar-refractivity contribution is 5.97. The summed E-state index contributed by atoms with van der Waals surface area (Å²) < 4.78 is 11.6. The normalized spacial score (nSPS) is 24.3. The molecule has 11 nitrogen and oxygen atoms in total. The van der Waals surface area contributed by atoms with Gasteiger partial charge in [0.25, 0.3) is 0 Å². The minimum absolute atomic E-state index is 0.109. The van der Waals surface area contributed by atoms with Crippen LogP contribution in [0.15, 0.2) is 36.4 Å². The Morgan fingerprint density at radius 2 is 1.89 bits per heavy atom. The van der Waals surface area contributed by atoms with Crippen LogP contribution in [0.5, 0.6) is 6.01 Å². The molecule has 2 aromatic carbocycles. The Kier molecular flexibility index (Phi) is 9.17. The summed E-state index contributed by atoms with van der Waals surface area (Å²) in [6.45, 7) is 9.21. The molecule has 0 saturated carbocycles. The summed E-state index contributed by atoms with van der Waals surface area (Å²) in [5, 5.41) is 12.3. The molecule has 4 atom stereocenters. The van der Waals surface area contributed by atoms with Crippen molar-refractivity contribution in [3.05, 3.63) is 53.2 Å². The van der Waals surface area contributed by atoms with Crippen LogP contribution in [0, 0.1) is 18.3 Å². The number of hydrogen-bond acceptors (Lipinski definition) is 10. The lowest BCUT2D eigenvalue weighted by Crippen LogP contribution is -2.57. The van der Waals surface area contributed by atoms with Gasteiger partial charge in [-0.05, 0) is 56.8 Å². The molecular formula is C36H46N8O3. The van der Waals surface area contributed by atoms with E-state index in [9.17, 15) is 10.1 Å². The van der Waals surface area contributed by atoms with Crippen molar-refractivity contribution in [2.24, 2.45) is 0 Å². The lowest BCUT2D eigenvalue weighted by molar-refractivity contribution is -0.134. The van der Waals surface area contributed by atoms with Crippen LogP contribution in [0.2, 0.25) is 0 Å². The number of piperazine rings is 1. The van der Waals surface area contributed by atoms with Gasteiger partial charge in [0.05, 0.1) is 37.4 Å². The molecule has 2 unspecified atom stereocenters. The van der Waals surface area contributed by atoms with Crippen molar-refractivity contribution in [3.8, 4) is 12.1 Å². The zero-order valence-electron chi connectivity index (χ0n) is 27.9. The number of aryl methyl sites for hydroxylation is 1. The minimum Gasteiger partial charge on any atom is -0.462 e. The van der Waals surface area contributed by atoms with Gasteiger partial charge in [-0.1, -0.05) is 30.3 Å². The Bertz CT molecular complexity index is 1650. The summed E-state index contributed by atoms with van der Waals surface area (Å²) in [6, 6.07) is 15.8. The fraction of sp³-hybridized carbons (Fsp3) is 0.556. The quantitative estimate of drug-likeness (QED) is 0.308. The number of anilines is 2. The number of nitriles is 1. The second-order valence-corrected chi connectivity index (χ2v) is 13.5.